The molecule has 5 aliphatic rings. The molecule has 0 N–H and O–H groups in total. The molecule has 0 heteroatoms. The van der Waals surface area contributed by atoms with Crippen LogP contribution in [0.4, 0.5) is 0 Å². The smallest absolute Gasteiger partial charge is 0.0235 e. The molecule has 0 amide bonds. The van der Waals surface area contributed by atoms with E-state index < -0.39 is 0 Å². The molecule has 9 atom stereocenters. The van der Waals surface area contributed by atoms with Crippen molar-refractivity contribution in [3.8, 4) is 0 Å². The zero-order chi connectivity index (χ0) is 21.7. The topological polar surface area (TPSA) is 0 Å². The SMILES string of the molecule is CC(C)[C@H]1CC[C@@]2(C)[C@@H]1CC[C@]1(C)[C@@H]2CC[C@@H]2[C@@]3(C)CCCC(C)(C)[C@@H]3CC[C@]21C. The van der Waals surface area contributed by atoms with Crippen LogP contribution in [-0.2, 0) is 0 Å². The van der Waals surface area contributed by atoms with E-state index in [1.165, 1.54) is 70.6 Å². The second-order valence-electron chi connectivity index (χ2n) is 15.1. The van der Waals surface area contributed by atoms with Gasteiger partial charge in [-0.1, -0.05) is 61.8 Å². The summed E-state index contributed by atoms with van der Waals surface area (Å²) in [6.07, 6.45) is 16.6. The van der Waals surface area contributed by atoms with Crippen LogP contribution in [0.1, 0.15) is 126 Å². The Hall–Kier alpha value is 0. The third kappa shape index (κ3) is 2.52. The first-order valence-corrected chi connectivity index (χ1v) is 13.9. The van der Waals surface area contributed by atoms with Crippen molar-refractivity contribution in [2.45, 2.75) is 126 Å². The highest BCUT2D eigenvalue weighted by molar-refractivity contribution is 5.18. The van der Waals surface area contributed by atoms with Gasteiger partial charge in [-0.25, -0.2) is 0 Å². The van der Waals surface area contributed by atoms with E-state index in [2.05, 4.69) is 55.4 Å². The molecule has 0 heterocycles. The quantitative estimate of drug-likeness (QED) is 0.402. The van der Waals surface area contributed by atoms with Crippen molar-refractivity contribution in [3.05, 3.63) is 0 Å². The summed E-state index contributed by atoms with van der Waals surface area (Å²) in [6.45, 7) is 21.4. The predicted octanol–water partition coefficient (Wildman–Crippen LogP) is 9.13. The Bertz CT molecular complexity index is 688. The molecule has 0 nitrogen and oxygen atoms in total. The number of hydrogen-bond donors (Lipinski definition) is 0. The van der Waals surface area contributed by atoms with Crippen molar-refractivity contribution in [2.75, 3.05) is 0 Å². The van der Waals surface area contributed by atoms with Gasteiger partial charge in [-0.2, -0.15) is 0 Å². The van der Waals surface area contributed by atoms with Crippen LogP contribution in [0.15, 0.2) is 0 Å². The summed E-state index contributed by atoms with van der Waals surface area (Å²) >= 11 is 0. The van der Waals surface area contributed by atoms with Crippen molar-refractivity contribution in [2.24, 2.45) is 62.6 Å². The molecular weight excluding hydrogens is 360 g/mol. The first kappa shape index (κ1) is 21.8. The summed E-state index contributed by atoms with van der Waals surface area (Å²) in [4.78, 5) is 0. The zero-order valence-electron chi connectivity index (χ0n) is 21.7. The standard InChI is InChI=1S/C30H52/c1-20(2)21-12-17-27(5)22(21)13-18-29(7)24(27)10-11-25-28(6)16-9-15-26(3,4)23(28)14-19-30(25,29)8/h20-25H,9-19H2,1-8H3/t21-,22-,23+,24-,25-,27+,28+,29-,30-/m1/s1. The Morgan fingerprint density at radius 1 is 0.567 bits per heavy atom. The third-order valence-corrected chi connectivity index (χ3v) is 13.6. The fourth-order valence-corrected chi connectivity index (χ4v) is 12.1. The van der Waals surface area contributed by atoms with E-state index in [-0.39, 0.29) is 0 Å². The van der Waals surface area contributed by atoms with Crippen LogP contribution in [0.3, 0.4) is 0 Å². The van der Waals surface area contributed by atoms with Crippen LogP contribution in [-0.4, -0.2) is 0 Å². The van der Waals surface area contributed by atoms with Gasteiger partial charge in [-0.05, 0) is 127 Å². The van der Waals surface area contributed by atoms with Crippen LogP contribution in [0.5, 0.6) is 0 Å². The lowest BCUT2D eigenvalue weighted by Crippen LogP contribution is -2.65. The Labute approximate surface area is 188 Å². The van der Waals surface area contributed by atoms with Crippen molar-refractivity contribution in [1.82, 2.24) is 0 Å². The molecule has 0 spiro atoms. The molecule has 0 unspecified atom stereocenters. The minimum absolute atomic E-state index is 0.561. The van der Waals surface area contributed by atoms with Gasteiger partial charge < -0.3 is 0 Å². The van der Waals surface area contributed by atoms with Crippen molar-refractivity contribution >= 4 is 0 Å². The molecule has 5 aliphatic carbocycles. The fraction of sp³-hybridized carbons (Fsp3) is 1.00. The maximum Gasteiger partial charge on any atom is -0.0235 e. The molecule has 5 saturated carbocycles. The van der Waals surface area contributed by atoms with Crippen molar-refractivity contribution in [1.29, 1.82) is 0 Å². The molecule has 5 fully saturated rings. The number of hydrogen-bond acceptors (Lipinski definition) is 0. The van der Waals surface area contributed by atoms with Gasteiger partial charge in [0.15, 0.2) is 0 Å². The highest BCUT2D eigenvalue weighted by atomic mass is 14.7. The molecule has 0 radical (unpaired) electrons. The third-order valence-electron chi connectivity index (χ3n) is 13.6. The van der Waals surface area contributed by atoms with Crippen molar-refractivity contribution in [3.63, 3.8) is 0 Å². The Morgan fingerprint density at radius 3 is 1.80 bits per heavy atom. The summed E-state index contributed by atoms with van der Waals surface area (Å²) in [7, 11) is 0. The highest BCUT2D eigenvalue weighted by Crippen LogP contribution is 2.78. The summed E-state index contributed by atoms with van der Waals surface area (Å²) in [6, 6.07) is 0. The first-order valence-electron chi connectivity index (χ1n) is 13.9. The van der Waals surface area contributed by atoms with Gasteiger partial charge >= 0.3 is 0 Å². The van der Waals surface area contributed by atoms with E-state index in [9.17, 15) is 0 Å². The summed E-state index contributed by atoms with van der Waals surface area (Å²) in [5.41, 5.74) is 2.92. The van der Waals surface area contributed by atoms with Gasteiger partial charge in [0.05, 0.1) is 0 Å². The van der Waals surface area contributed by atoms with Crippen LogP contribution in [0, 0.1) is 62.6 Å². The number of rotatable bonds is 1. The molecule has 30 heavy (non-hydrogen) atoms. The summed E-state index contributed by atoms with van der Waals surface area (Å²) < 4.78 is 0. The summed E-state index contributed by atoms with van der Waals surface area (Å²) in [5.74, 6) is 5.79. The summed E-state index contributed by atoms with van der Waals surface area (Å²) in [5, 5.41) is 0. The lowest BCUT2D eigenvalue weighted by molar-refractivity contribution is -0.241. The maximum atomic E-state index is 2.81. The molecule has 0 aromatic carbocycles. The van der Waals surface area contributed by atoms with E-state index in [1.807, 2.05) is 0 Å². The molecule has 172 valence electrons. The first-order chi connectivity index (χ1) is 13.9. The zero-order valence-corrected chi connectivity index (χ0v) is 21.7. The lowest BCUT2D eigenvalue weighted by atomic mass is 9.32. The Kier molecular flexibility index (Phi) is 4.75. The Morgan fingerprint density at radius 2 is 1.17 bits per heavy atom. The molecular formula is C30H52. The average Bonchev–Trinajstić information content (AvgIpc) is 2.99. The molecule has 0 saturated heterocycles. The van der Waals surface area contributed by atoms with E-state index in [1.54, 1.807) is 0 Å². The molecule has 0 bridgehead atoms. The molecule has 5 rings (SSSR count). The van der Waals surface area contributed by atoms with E-state index in [4.69, 9.17) is 0 Å². The molecule has 0 aromatic rings. The van der Waals surface area contributed by atoms with Crippen LogP contribution >= 0.6 is 0 Å². The monoisotopic (exact) mass is 412 g/mol. The van der Waals surface area contributed by atoms with E-state index >= 15 is 0 Å². The normalized spacial score (nSPS) is 57.3. The van der Waals surface area contributed by atoms with E-state index in [0.717, 1.165) is 35.5 Å². The van der Waals surface area contributed by atoms with Crippen LogP contribution < -0.4 is 0 Å². The minimum Gasteiger partial charge on any atom is -0.0625 e. The van der Waals surface area contributed by atoms with Crippen LogP contribution in [0.25, 0.3) is 0 Å². The van der Waals surface area contributed by atoms with Gasteiger partial charge in [0.1, 0.15) is 0 Å². The second-order valence-corrected chi connectivity index (χ2v) is 15.1. The highest BCUT2D eigenvalue weighted by Gasteiger charge is 2.70. The lowest BCUT2D eigenvalue weighted by Gasteiger charge is -2.73. The molecule has 0 aromatic heterocycles. The maximum absolute atomic E-state index is 2.81. The predicted molar refractivity (Wildman–Crippen MR) is 129 cm³/mol. The fourth-order valence-electron chi connectivity index (χ4n) is 12.1. The van der Waals surface area contributed by atoms with Gasteiger partial charge in [0, 0.05) is 0 Å². The second kappa shape index (κ2) is 6.53. The van der Waals surface area contributed by atoms with Crippen LogP contribution in [0.2, 0.25) is 0 Å². The molecule has 0 aliphatic heterocycles. The van der Waals surface area contributed by atoms with E-state index in [0.29, 0.717) is 27.1 Å². The van der Waals surface area contributed by atoms with Gasteiger partial charge in [-0.15, -0.1) is 0 Å². The van der Waals surface area contributed by atoms with Gasteiger partial charge in [0.2, 0.25) is 0 Å². The largest absolute Gasteiger partial charge is 0.0625 e. The van der Waals surface area contributed by atoms with Crippen molar-refractivity contribution < 1.29 is 0 Å². The van der Waals surface area contributed by atoms with Gasteiger partial charge in [-0.3, -0.25) is 0 Å². The Balaban J connectivity index is 1.52. The minimum atomic E-state index is 0.561. The van der Waals surface area contributed by atoms with Gasteiger partial charge in [0.25, 0.3) is 0 Å². The average molecular weight is 413 g/mol. The number of fused-ring (bicyclic) bond motifs is 7.